The lowest BCUT2D eigenvalue weighted by atomic mass is 10.4. The maximum atomic E-state index is 11.6. The van der Waals surface area contributed by atoms with Gasteiger partial charge in [-0.05, 0) is 12.3 Å². The van der Waals surface area contributed by atoms with Gasteiger partial charge in [-0.25, -0.2) is 15.0 Å². The van der Waals surface area contributed by atoms with Gasteiger partial charge in [0, 0.05) is 12.7 Å². The highest BCUT2D eigenvalue weighted by Gasteiger charge is 2.11. The summed E-state index contributed by atoms with van der Waals surface area (Å²) in [5.41, 5.74) is 0.653. The molecule has 21 heavy (non-hydrogen) atoms. The Kier molecular flexibility index (Phi) is 14.8. The van der Waals surface area contributed by atoms with Crippen LogP contribution < -0.4 is 10.6 Å². The van der Waals surface area contributed by atoms with Crippen LogP contribution in [0.1, 0.15) is 34.6 Å². The lowest BCUT2D eigenvalue weighted by Crippen LogP contribution is -2.21. The van der Waals surface area contributed by atoms with E-state index in [2.05, 4.69) is 32.2 Å². The molecule has 2 N–H and O–H groups in total. The largest absolute Gasteiger partial charge is 0.355 e. The molecule has 1 aromatic heterocycles. The third kappa shape index (κ3) is 8.80. The molecule has 1 amide bonds. The van der Waals surface area contributed by atoms with Crippen LogP contribution in [-0.2, 0) is 4.79 Å². The van der Waals surface area contributed by atoms with Crippen LogP contribution in [0.5, 0.6) is 0 Å². The van der Waals surface area contributed by atoms with Crippen molar-refractivity contribution in [1.29, 1.82) is 0 Å². The number of thioether (sulfide) groups is 1. The molecule has 0 atom stereocenters. The number of carbonyl (C=O) groups excluding carboxylic acids is 1. The molecule has 0 aliphatic rings. The molecule has 0 radical (unpaired) electrons. The van der Waals surface area contributed by atoms with Crippen LogP contribution in [0, 0.1) is 0 Å². The van der Waals surface area contributed by atoms with Crippen LogP contribution >= 0.6 is 11.8 Å². The summed E-state index contributed by atoms with van der Waals surface area (Å²) in [6, 6.07) is 0. The minimum absolute atomic E-state index is 0.186. The standard InChI is InChI=1S/C10H13N5OS.2C2H6/c1-4-17-8(9(16)11-3)7(2)15-10-13-5-12-6-14-10;2*1-2/h4-6H,1H2,2-3H3,(H,11,16)(H,12,13,14,15);2*1-2H3/b8-7+;;. The summed E-state index contributed by atoms with van der Waals surface area (Å²) in [4.78, 5) is 23.6. The Morgan fingerprint density at radius 2 is 1.76 bits per heavy atom. The van der Waals surface area contributed by atoms with Gasteiger partial charge in [-0.1, -0.05) is 46.0 Å². The first kappa shape index (κ1) is 21.4. The van der Waals surface area contributed by atoms with Crippen LogP contribution in [-0.4, -0.2) is 27.9 Å². The number of allylic oxidation sites excluding steroid dienone is 1. The summed E-state index contributed by atoms with van der Waals surface area (Å²) < 4.78 is 0. The summed E-state index contributed by atoms with van der Waals surface area (Å²) >= 11 is 1.23. The fourth-order valence-electron chi connectivity index (χ4n) is 1.04. The smallest absolute Gasteiger partial charge is 0.259 e. The Labute approximate surface area is 131 Å². The van der Waals surface area contributed by atoms with Crippen molar-refractivity contribution in [2.75, 3.05) is 12.4 Å². The number of hydrogen-bond donors (Lipinski definition) is 2. The highest BCUT2D eigenvalue weighted by atomic mass is 32.2. The van der Waals surface area contributed by atoms with E-state index in [1.807, 2.05) is 27.7 Å². The second kappa shape index (κ2) is 14.5. The summed E-state index contributed by atoms with van der Waals surface area (Å²) in [7, 11) is 1.57. The molecule has 0 aliphatic carbocycles. The maximum Gasteiger partial charge on any atom is 0.259 e. The average molecular weight is 311 g/mol. The van der Waals surface area contributed by atoms with E-state index in [1.54, 1.807) is 19.4 Å². The molecule has 0 unspecified atom stereocenters. The number of anilines is 1. The predicted molar refractivity (Wildman–Crippen MR) is 90.7 cm³/mol. The Bertz CT molecular complexity index is 434. The van der Waals surface area contributed by atoms with E-state index in [1.165, 1.54) is 24.4 Å². The first-order valence-corrected chi connectivity index (χ1v) is 7.66. The van der Waals surface area contributed by atoms with Crippen LogP contribution in [0.15, 0.2) is 35.2 Å². The zero-order valence-corrected chi connectivity index (χ0v) is 14.4. The second-order valence-electron chi connectivity index (χ2n) is 2.90. The molecule has 0 fully saturated rings. The van der Waals surface area contributed by atoms with Crippen molar-refractivity contribution in [2.45, 2.75) is 34.6 Å². The van der Waals surface area contributed by atoms with Gasteiger partial charge in [0.2, 0.25) is 5.95 Å². The summed E-state index contributed by atoms with van der Waals surface area (Å²) in [6.45, 7) is 13.4. The number of hydrogen-bond acceptors (Lipinski definition) is 6. The highest BCUT2D eigenvalue weighted by Crippen LogP contribution is 2.20. The molecule has 0 spiro atoms. The molecular weight excluding hydrogens is 286 g/mol. The summed E-state index contributed by atoms with van der Waals surface area (Å²) in [6.07, 6.45) is 2.76. The molecule has 1 rings (SSSR count). The lowest BCUT2D eigenvalue weighted by Gasteiger charge is -2.09. The zero-order chi connectivity index (χ0) is 16.7. The lowest BCUT2D eigenvalue weighted by molar-refractivity contribution is -0.116. The van der Waals surface area contributed by atoms with Gasteiger partial charge in [0.15, 0.2) is 0 Å². The molecule has 1 aromatic rings. The zero-order valence-electron chi connectivity index (χ0n) is 13.6. The molecule has 0 saturated carbocycles. The molecule has 1 heterocycles. The average Bonchev–Trinajstić information content (AvgIpc) is 2.56. The number of nitrogens with one attached hydrogen (secondary N) is 2. The van der Waals surface area contributed by atoms with Crippen LogP contribution in [0.4, 0.5) is 5.95 Å². The quantitative estimate of drug-likeness (QED) is 0.813. The number of carbonyl (C=O) groups is 1. The fourth-order valence-corrected chi connectivity index (χ4v) is 1.64. The van der Waals surface area contributed by atoms with Crippen LogP contribution in [0.2, 0.25) is 0 Å². The van der Waals surface area contributed by atoms with Gasteiger partial charge in [-0.2, -0.15) is 0 Å². The predicted octanol–water partition coefficient (Wildman–Crippen LogP) is 3.19. The first-order valence-electron chi connectivity index (χ1n) is 6.78. The van der Waals surface area contributed by atoms with Crippen molar-refractivity contribution in [2.24, 2.45) is 0 Å². The normalized spacial score (nSPS) is 9.81. The number of rotatable bonds is 5. The molecule has 0 bridgehead atoms. The minimum Gasteiger partial charge on any atom is -0.355 e. The molecule has 6 nitrogen and oxygen atoms in total. The van der Waals surface area contributed by atoms with Crippen molar-refractivity contribution in [3.63, 3.8) is 0 Å². The second-order valence-corrected chi connectivity index (χ2v) is 3.88. The first-order chi connectivity index (χ1) is 10.2. The van der Waals surface area contributed by atoms with Crippen molar-refractivity contribution in [3.8, 4) is 0 Å². The molecule has 7 heteroatoms. The molecule has 0 aromatic carbocycles. The maximum absolute atomic E-state index is 11.6. The number of aromatic nitrogens is 3. The van der Waals surface area contributed by atoms with E-state index in [0.717, 1.165) is 0 Å². The van der Waals surface area contributed by atoms with Crippen molar-refractivity contribution in [3.05, 3.63) is 35.2 Å². The van der Waals surface area contributed by atoms with E-state index >= 15 is 0 Å². The van der Waals surface area contributed by atoms with Gasteiger partial charge in [-0.3, -0.25) is 4.79 Å². The molecular formula is C14H25N5OS. The van der Waals surface area contributed by atoms with Crippen molar-refractivity contribution in [1.82, 2.24) is 20.3 Å². The monoisotopic (exact) mass is 311 g/mol. The van der Waals surface area contributed by atoms with E-state index in [0.29, 0.717) is 16.6 Å². The number of nitrogens with zero attached hydrogens (tertiary/aromatic N) is 3. The van der Waals surface area contributed by atoms with E-state index < -0.39 is 0 Å². The summed E-state index contributed by atoms with van der Waals surface area (Å²) in [5, 5.41) is 7.07. The van der Waals surface area contributed by atoms with Gasteiger partial charge >= 0.3 is 0 Å². The summed E-state index contributed by atoms with van der Waals surface area (Å²) in [5.74, 6) is 0.206. The molecule has 0 saturated heterocycles. The highest BCUT2D eigenvalue weighted by molar-refractivity contribution is 8.06. The van der Waals surface area contributed by atoms with Crippen molar-refractivity contribution >= 4 is 23.6 Å². The van der Waals surface area contributed by atoms with Crippen molar-refractivity contribution < 1.29 is 4.79 Å². The Morgan fingerprint density at radius 1 is 1.24 bits per heavy atom. The van der Waals surface area contributed by atoms with E-state index in [4.69, 9.17) is 0 Å². The van der Waals surface area contributed by atoms with Gasteiger partial charge in [0.1, 0.15) is 12.7 Å². The fraction of sp³-hybridized carbons (Fsp3) is 0.429. The Hall–Kier alpha value is -1.89. The molecule has 118 valence electrons. The van der Waals surface area contributed by atoms with E-state index in [9.17, 15) is 4.79 Å². The third-order valence-corrected chi connectivity index (χ3v) is 2.66. The van der Waals surface area contributed by atoms with Gasteiger partial charge in [-0.15, -0.1) is 0 Å². The Balaban J connectivity index is 0. The third-order valence-electron chi connectivity index (χ3n) is 1.77. The van der Waals surface area contributed by atoms with Crippen LogP contribution in [0.3, 0.4) is 0 Å². The molecule has 0 aliphatic heterocycles. The van der Waals surface area contributed by atoms with E-state index in [-0.39, 0.29) is 5.91 Å². The number of likely N-dealkylation sites (N-methyl/N-ethyl adjacent to an activating group) is 1. The van der Waals surface area contributed by atoms with Gasteiger partial charge < -0.3 is 10.6 Å². The van der Waals surface area contributed by atoms with Crippen LogP contribution in [0.25, 0.3) is 0 Å². The SMILES string of the molecule is C=CS/C(C(=O)NC)=C(\C)Nc1ncncn1.CC.CC. The minimum atomic E-state index is -0.186. The number of amides is 1. The van der Waals surface area contributed by atoms with Gasteiger partial charge in [0.25, 0.3) is 5.91 Å². The Morgan fingerprint density at radius 3 is 2.19 bits per heavy atom. The topological polar surface area (TPSA) is 79.8 Å². The van der Waals surface area contributed by atoms with Gasteiger partial charge in [0.05, 0.1) is 4.91 Å².